The first kappa shape index (κ1) is 14.1. The highest BCUT2D eigenvalue weighted by Crippen LogP contribution is 2.25. The predicted molar refractivity (Wildman–Crippen MR) is 77.1 cm³/mol. The third-order valence-electron chi connectivity index (χ3n) is 3.63. The zero-order chi connectivity index (χ0) is 13.8. The van der Waals surface area contributed by atoms with Gasteiger partial charge in [-0.2, -0.15) is 0 Å². The van der Waals surface area contributed by atoms with Gasteiger partial charge in [-0.25, -0.2) is 0 Å². The molecule has 104 valence electrons. The molecule has 3 heteroatoms. The molecule has 0 spiro atoms. The summed E-state index contributed by atoms with van der Waals surface area (Å²) >= 11 is 0. The molecule has 1 saturated heterocycles. The van der Waals surface area contributed by atoms with Gasteiger partial charge in [0.25, 0.3) is 0 Å². The summed E-state index contributed by atoms with van der Waals surface area (Å²) in [6.07, 6.45) is 3.03. The standard InChI is InChI=1S/C16H23NO2/c1-4-8-19-15-10-11(2)13(9-12(15)3)16(18)14-6-5-7-17-14/h9-10,14,17H,4-8H2,1-3H3. The summed E-state index contributed by atoms with van der Waals surface area (Å²) in [5, 5.41) is 3.27. The topological polar surface area (TPSA) is 38.3 Å². The number of Topliss-reactive ketones (excluding diaryl/α,β-unsaturated/α-hetero) is 1. The Balaban J connectivity index is 2.21. The highest BCUT2D eigenvalue weighted by Gasteiger charge is 2.24. The molecule has 1 aromatic carbocycles. The molecule has 0 bridgehead atoms. The number of benzene rings is 1. The maximum Gasteiger partial charge on any atom is 0.180 e. The van der Waals surface area contributed by atoms with Gasteiger partial charge in [0.2, 0.25) is 0 Å². The smallest absolute Gasteiger partial charge is 0.180 e. The minimum atomic E-state index is 0.000472. The summed E-state index contributed by atoms with van der Waals surface area (Å²) in [7, 11) is 0. The van der Waals surface area contributed by atoms with Crippen LogP contribution in [-0.4, -0.2) is 25.0 Å². The summed E-state index contributed by atoms with van der Waals surface area (Å²) in [5.74, 6) is 1.12. The maximum atomic E-state index is 12.4. The fraction of sp³-hybridized carbons (Fsp3) is 0.562. The summed E-state index contributed by atoms with van der Waals surface area (Å²) in [6.45, 7) is 7.75. The van der Waals surface area contributed by atoms with Gasteiger partial charge in [-0.05, 0) is 62.9 Å². The summed E-state index contributed by atoms with van der Waals surface area (Å²) in [6, 6.07) is 3.97. The van der Waals surface area contributed by atoms with Crippen LogP contribution < -0.4 is 10.1 Å². The van der Waals surface area contributed by atoms with Gasteiger partial charge in [0.1, 0.15) is 5.75 Å². The molecule has 1 fully saturated rings. The highest BCUT2D eigenvalue weighted by atomic mass is 16.5. The van der Waals surface area contributed by atoms with E-state index in [9.17, 15) is 4.79 Å². The Morgan fingerprint density at radius 3 is 2.79 bits per heavy atom. The van der Waals surface area contributed by atoms with Crippen molar-refractivity contribution in [3.05, 3.63) is 28.8 Å². The summed E-state index contributed by atoms with van der Waals surface area (Å²) in [4.78, 5) is 12.4. The van der Waals surface area contributed by atoms with Crippen molar-refractivity contribution < 1.29 is 9.53 Å². The number of carbonyl (C=O) groups is 1. The van der Waals surface area contributed by atoms with Crippen LogP contribution in [0.5, 0.6) is 5.75 Å². The first-order valence-electron chi connectivity index (χ1n) is 7.15. The van der Waals surface area contributed by atoms with E-state index >= 15 is 0 Å². The van der Waals surface area contributed by atoms with Gasteiger partial charge < -0.3 is 10.1 Å². The number of carbonyl (C=O) groups excluding carboxylic acids is 1. The van der Waals surface area contributed by atoms with Gasteiger partial charge >= 0.3 is 0 Å². The molecule has 3 nitrogen and oxygen atoms in total. The van der Waals surface area contributed by atoms with Gasteiger partial charge in [-0.1, -0.05) is 6.92 Å². The molecule has 1 aromatic rings. The molecule has 1 atom stereocenters. The molecule has 1 N–H and O–H groups in total. The lowest BCUT2D eigenvalue weighted by molar-refractivity contribution is 0.0951. The summed E-state index contributed by atoms with van der Waals surface area (Å²) < 4.78 is 5.70. The van der Waals surface area contributed by atoms with Crippen LogP contribution in [0.1, 0.15) is 47.7 Å². The maximum absolute atomic E-state index is 12.4. The minimum Gasteiger partial charge on any atom is -0.493 e. The van der Waals surface area contributed by atoms with E-state index in [-0.39, 0.29) is 11.8 Å². The van der Waals surface area contributed by atoms with Crippen LogP contribution in [0.2, 0.25) is 0 Å². The number of ketones is 1. The molecular formula is C16H23NO2. The van der Waals surface area contributed by atoms with E-state index in [1.165, 1.54) is 0 Å². The normalized spacial score (nSPS) is 18.6. The van der Waals surface area contributed by atoms with Crippen molar-refractivity contribution in [1.29, 1.82) is 0 Å². The van der Waals surface area contributed by atoms with Crippen molar-refractivity contribution in [1.82, 2.24) is 5.32 Å². The first-order chi connectivity index (χ1) is 9.13. The van der Waals surface area contributed by atoms with Crippen molar-refractivity contribution in [3.63, 3.8) is 0 Å². The molecule has 1 aliphatic rings. The summed E-state index contributed by atoms with van der Waals surface area (Å²) in [5.41, 5.74) is 2.89. The van der Waals surface area contributed by atoms with Gasteiger partial charge in [0, 0.05) is 5.56 Å². The molecule has 0 aliphatic carbocycles. The predicted octanol–water partition coefficient (Wildman–Crippen LogP) is 3.03. The molecule has 19 heavy (non-hydrogen) atoms. The van der Waals surface area contributed by atoms with Gasteiger partial charge in [-0.15, -0.1) is 0 Å². The minimum absolute atomic E-state index is 0.000472. The number of hydrogen-bond acceptors (Lipinski definition) is 3. The Kier molecular flexibility index (Phi) is 4.59. The van der Waals surface area contributed by atoms with Crippen LogP contribution in [-0.2, 0) is 0 Å². The Morgan fingerprint density at radius 2 is 2.16 bits per heavy atom. The molecule has 1 aliphatic heterocycles. The van der Waals surface area contributed by atoms with Gasteiger partial charge in [0.15, 0.2) is 5.78 Å². The molecule has 0 aromatic heterocycles. The van der Waals surface area contributed by atoms with Crippen molar-refractivity contribution in [3.8, 4) is 5.75 Å². The first-order valence-corrected chi connectivity index (χ1v) is 7.15. The third-order valence-corrected chi connectivity index (χ3v) is 3.63. The number of ether oxygens (including phenoxy) is 1. The zero-order valence-corrected chi connectivity index (χ0v) is 12.1. The molecule has 1 unspecified atom stereocenters. The van der Waals surface area contributed by atoms with E-state index in [1.807, 2.05) is 26.0 Å². The second-order valence-electron chi connectivity index (χ2n) is 5.29. The number of aryl methyl sites for hydroxylation is 2. The second kappa shape index (κ2) is 6.20. The molecule has 2 rings (SSSR count). The van der Waals surface area contributed by atoms with E-state index in [2.05, 4.69) is 12.2 Å². The largest absolute Gasteiger partial charge is 0.493 e. The SMILES string of the molecule is CCCOc1cc(C)c(C(=O)C2CCCN2)cc1C. The van der Waals surface area contributed by atoms with E-state index in [0.717, 1.165) is 54.9 Å². The molecule has 0 saturated carbocycles. The van der Waals surface area contributed by atoms with Crippen LogP contribution >= 0.6 is 0 Å². The number of hydrogen-bond donors (Lipinski definition) is 1. The van der Waals surface area contributed by atoms with Crippen LogP contribution in [0.15, 0.2) is 12.1 Å². The quantitative estimate of drug-likeness (QED) is 0.828. The highest BCUT2D eigenvalue weighted by molar-refractivity contribution is 6.01. The molecule has 1 heterocycles. The van der Waals surface area contributed by atoms with Gasteiger partial charge in [0.05, 0.1) is 12.6 Å². The Hall–Kier alpha value is -1.35. The average molecular weight is 261 g/mol. The van der Waals surface area contributed by atoms with E-state index in [4.69, 9.17) is 4.74 Å². The van der Waals surface area contributed by atoms with Crippen LogP contribution in [0.3, 0.4) is 0 Å². The number of rotatable bonds is 5. The fourth-order valence-corrected chi connectivity index (χ4v) is 2.52. The van der Waals surface area contributed by atoms with Crippen molar-refractivity contribution >= 4 is 5.78 Å². The third kappa shape index (κ3) is 3.16. The lowest BCUT2D eigenvalue weighted by Gasteiger charge is -2.15. The van der Waals surface area contributed by atoms with Gasteiger partial charge in [-0.3, -0.25) is 4.79 Å². The van der Waals surface area contributed by atoms with Crippen molar-refractivity contribution in [2.24, 2.45) is 0 Å². The average Bonchev–Trinajstić information content (AvgIpc) is 2.92. The molecule has 0 amide bonds. The lowest BCUT2D eigenvalue weighted by Crippen LogP contribution is -2.31. The number of nitrogens with one attached hydrogen (secondary N) is 1. The Labute approximate surface area is 115 Å². The Morgan fingerprint density at radius 1 is 1.37 bits per heavy atom. The van der Waals surface area contributed by atoms with E-state index in [1.54, 1.807) is 0 Å². The van der Waals surface area contributed by atoms with Crippen LogP contribution in [0.25, 0.3) is 0 Å². The second-order valence-corrected chi connectivity index (χ2v) is 5.29. The molecular weight excluding hydrogens is 238 g/mol. The van der Waals surface area contributed by atoms with E-state index < -0.39 is 0 Å². The van der Waals surface area contributed by atoms with Crippen LogP contribution in [0, 0.1) is 13.8 Å². The Bertz CT molecular complexity index is 462. The molecule has 0 radical (unpaired) electrons. The zero-order valence-electron chi connectivity index (χ0n) is 12.1. The monoisotopic (exact) mass is 261 g/mol. The fourth-order valence-electron chi connectivity index (χ4n) is 2.52. The van der Waals surface area contributed by atoms with Crippen molar-refractivity contribution in [2.45, 2.75) is 46.1 Å². The van der Waals surface area contributed by atoms with Crippen molar-refractivity contribution in [2.75, 3.05) is 13.2 Å². The van der Waals surface area contributed by atoms with Crippen LogP contribution in [0.4, 0.5) is 0 Å². The lowest BCUT2D eigenvalue weighted by atomic mass is 9.96. The van der Waals surface area contributed by atoms with E-state index in [0.29, 0.717) is 0 Å².